The van der Waals surface area contributed by atoms with Gasteiger partial charge < -0.3 is 5.73 Å². The molecule has 0 aliphatic carbocycles. The summed E-state index contributed by atoms with van der Waals surface area (Å²) in [4.78, 5) is 1.28. The molecule has 3 rings (SSSR count). The predicted molar refractivity (Wildman–Crippen MR) is 80.4 cm³/mol. The summed E-state index contributed by atoms with van der Waals surface area (Å²) in [7, 11) is 0. The van der Waals surface area contributed by atoms with E-state index in [1.54, 1.807) is 6.07 Å². The molecule has 1 heterocycles. The van der Waals surface area contributed by atoms with Gasteiger partial charge in [0.2, 0.25) is 5.82 Å². The summed E-state index contributed by atoms with van der Waals surface area (Å²) in [5, 5.41) is 12.0. The Morgan fingerprint density at radius 2 is 1.90 bits per heavy atom. The zero-order valence-corrected chi connectivity index (χ0v) is 11.6. The Bertz CT molecular complexity index is 800. The van der Waals surface area contributed by atoms with Crippen molar-refractivity contribution in [3.05, 3.63) is 59.9 Å². The molecule has 0 radical (unpaired) electrons. The number of tetrazole rings is 1. The molecule has 3 aromatic rings. The van der Waals surface area contributed by atoms with Crippen molar-refractivity contribution in [2.24, 2.45) is 5.73 Å². The second kappa shape index (κ2) is 5.37. The number of hydrogen-bond donors (Lipinski definition) is 1. The van der Waals surface area contributed by atoms with Gasteiger partial charge in [-0.05, 0) is 23.4 Å². The summed E-state index contributed by atoms with van der Waals surface area (Å²) >= 11 is 4.81. The Morgan fingerprint density at radius 3 is 2.57 bits per heavy atom. The molecule has 21 heavy (non-hydrogen) atoms. The van der Waals surface area contributed by atoms with E-state index in [1.807, 2.05) is 30.3 Å². The molecule has 1 aromatic heterocycles. The lowest BCUT2D eigenvalue weighted by Gasteiger charge is -2.03. The third-order valence-electron chi connectivity index (χ3n) is 2.89. The molecule has 2 N–H and O–H groups in total. The van der Waals surface area contributed by atoms with Gasteiger partial charge in [-0.1, -0.05) is 42.5 Å². The molecule has 0 unspecified atom stereocenters. The summed E-state index contributed by atoms with van der Waals surface area (Å²) in [6, 6.07) is 13.7. The maximum absolute atomic E-state index is 14.1. The fourth-order valence-corrected chi connectivity index (χ4v) is 1.97. The number of thiocarbonyl (C=S) groups is 1. The fourth-order valence-electron chi connectivity index (χ4n) is 1.84. The molecule has 0 aliphatic heterocycles. The number of nitrogens with zero attached hydrogens (tertiary/aromatic N) is 4. The summed E-state index contributed by atoms with van der Waals surface area (Å²) in [6.45, 7) is 0. The molecule has 0 aliphatic rings. The van der Waals surface area contributed by atoms with Crippen molar-refractivity contribution in [1.29, 1.82) is 0 Å². The zero-order valence-electron chi connectivity index (χ0n) is 10.8. The standard InChI is InChI=1S/C14H10FN5S/c15-11-8-10(13(16)21)6-7-12(11)20-18-14(17-19-20)9-4-2-1-3-5-9/h1-8H,(H2,16,21). The van der Waals surface area contributed by atoms with Gasteiger partial charge in [0.15, 0.2) is 5.82 Å². The summed E-state index contributed by atoms with van der Waals surface area (Å²) in [6.07, 6.45) is 0. The average Bonchev–Trinajstić information content (AvgIpc) is 2.97. The van der Waals surface area contributed by atoms with Gasteiger partial charge in [0.05, 0.1) is 0 Å². The first-order valence-corrected chi connectivity index (χ1v) is 6.51. The molecule has 2 aromatic carbocycles. The number of rotatable bonds is 3. The predicted octanol–water partition coefficient (Wildman–Crippen LogP) is 2.10. The Kier molecular flexibility index (Phi) is 3.41. The molecule has 0 fully saturated rings. The minimum Gasteiger partial charge on any atom is -0.389 e. The van der Waals surface area contributed by atoms with Gasteiger partial charge in [-0.25, -0.2) is 4.39 Å². The van der Waals surface area contributed by atoms with Gasteiger partial charge in [-0.3, -0.25) is 0 Å². The second-order valence-electron chi connectivity index (χ2n) is 4.30. The largest absolute Gasteiger partial charge is 0.389 e. The van der Waals surface area contributed by atoms with E-state index in [-0.39, 0.29) is 10.7 Å². The van der Waals surface area contributed by atoms with Gasteiger partial charge in [0.1, 0.15) is 10.7 Å². The van der Waals surface area contributed by atoms with Crippen LogP contribution >= 0.6 is 12.2 Å². The first kappa shape index (κ1) is 13.3. The van der Waals surface area contributed by atoms with E-state index in [0.29, 0.717) is 11.4 Å². The summed E-state index contributed by atoms with van der Waals surface area (Å²) < 4.78 is 14.1. The smallest absolute Gasteiger partial charge is 0.205 e. The third kappa shape index (κ3) is 2.63. The Balaban J connectivity index is 1.99. The minimum atomic E-state index is -0.516. The van der Waals surface area contributed by atoms with Crippen molar-refractivity contribution in [2.75, 3.05) is 0 Å². The van der Waals surface area contributed by atoms with Crippen molar-refractivity contribution >= 4 is 17.2 Å². The lowest BCUT2D eigenvalue weighted by molar-refractivity contribution is 0.591. The van der Waals surface area contributed by atoms with Crippen LogP contribution in [-0.4, -0.2) is 25.2 Å². The Morgan fingerprint density at radius 1 is 1.14 bits per heavy atom. The van der Waals surface area contributed by atoms with Crippen molar-refractivity contribution in [1.82, 2.24) is 20.2 Å². The van der Waals surface area contributed by atoms with Crippen LogP contribution in [0.25, 0.3) is 17.1 Å². The number of halogens is 1. The number of hydrogen-bond acceptors (Lipinski definition) is 4. The molecule has 104 valence electrons. The first-order chi connectivity index (χ1) is 10.1. The highest BCUT2D eigenvalue weighted by molar-refractivity contribution is 7.80. The van der Waals surface area contributed by atoms with Crippen LogP contribution in [0.3, 0.4) is 0 Å². The molecule has 5 nitrogen and oxygen atoms in total. The topological polar surface area (TPSA) is 69.6 Å². The van der Waals surface area contributed by atoms with E-state index >= 15 is 0 Å². The van der Waals surface area contributed by atoms with Crippen molar-refractivity contribution in [3.63, 3.8) is 0 Å². The van der Waals surface area contributed by atoms with Crippen LogP contribution in [0.1, 0.15) is 5.56 Å². The minimum absolute atomic E-state index is 0.136. The van der Waals surface area contributed by atoms with E-state index in [0.717, 1.165) is 10.4 Å². The maximum Gasteiger partial charge on any atom is 0.205 e. The number of aromatic nitrogens is 4. The van der Waals surface area contributed by atoms with Crippen LogP contribution < -0.4 is 5.73 Å². The van der Waals surface area contributed by atoms with Crippen LogP contribution in [0.5, 0.6) is 0 Å². The molecule has 0 atom stereocenters. The maximum atomic E-state index is 14.1. The first-order valence-electron chi connectivity index (χ1n) is 6.10. The monoisotopic (exact) mass is 299 g/mol. The van der Waals surface area contributed by atoms with Crippen molar-refractivity contribution < 1.29 is 4.39 Å². The molecule has 0 saturated heterocycles. The molecular formula is C14H10FN5S. The van der Waals surface area contributed by atoms with Gasteiger partial charge in [0.25, 0.3) is 0 Å². The number of benzene rings is 2. The zero-order chi connectivity index (χ0) is 14.8. The average molecular weight is 299 g/mol. The Labute approximate surface area is 125 Å². The highest BCUT2D eigenvalue weighted by Gasteiger charge is 2.11. The highest BCUT2D eigenvalue weighted by Crippen LogP contribution is 2.16. The molecule has 0 spiro atoms. The van der Waals surface area contributed by atoms with Crippen LogP contribution in [0.4, 0.5) is 4.39 Å². The highest BCUT2D eigenvalue weighted by atomic mass is 32.1. The molecule has 0 saturated carbocycles. The van der Waals surface area contributed by atoms with Crippen LogP contribution in [0.2, 0.25) is 0 Å². The quantitative estimate of drug-likeness (QED) is 0.750. The van der Waals surface area contributed by atoms with Crippen LogP contribution in [0, 0.1) is 5.82 Å². The third-order valence-corrected chi connectivity index (χ3v) is 3.13. The van der Waals surface area contributed by atoms with E-state index in [1.165, 1.54) is 12.1 Å². The van der Waals surface area contributed by atoms with Gasteiger partial charge in [0, 0.05) is 11.1 Å². The van der Waals surface area contributed by atoms with Crippen molar-refractivity contribution in [3.8, 4) is 17.1 Å². The fraction of sp³-hybridized carbons (Fsp3) is 0. The molecule has 0 amide bonds. The molecule has 0 bridgehead atoms. The lowest BCUT2D eigenvalue weighted by Crippen LogP contribution is -2.11. The van der Waals surface area contributed by atoms with E-state index in [9.17, 15) is 4.39 Å². The van der Waals surface area contributed by atoms with E-state index < -0.39 is 5.82 Å². The lowest BCUT2D eigenvalue weighted by atomic mass is 10.2. The van der Waals surface area contributed by atoms with Gasteiger partial charge in [-0.15, -0.1) is 15.0 Å². The van der Waals surface area contributed by atoms with E-state index in [4.69, 9.17) is 18.0 Å². The van der Waals surface area contributed by atoms with E-state index in [2.05, 4.69) is 15.4 Å². The van der Waals surface area contributed by atoms with Crippen molar-refractivity contribution in [2.45, 2.75) is 0 Å². The van der Waals surface area contributed by atoms with Crippen LogP contribution in [-0.2, 0) is 0 Å². The SMILES string of the molecule is NC(=S)c1ccc(-n2nnc(-c3ccccc3)n2)c(F)c1. The summed E-state index contributed by atoms with van der Waals surface area (Å²) in [5.74, 6) is -0.0919. The normalized spacial score (nSPS) is 10.5. The second-order valence-corrected chi connectivity index (χ2v) is 4.74. The summed E-state index contributed by atoms with van der Waals surface area (Å²) in [5.41, 5.74) is 6.91. The van der Waals surface area contributed by atoms with Gasteiger partial charge >= 0.3 is 0 Å². The Hall–Kier alpha value is -2.67. The molecule has 7 heteroatoms. The number of nitrogens with two attached hydrogens (primary N) is 1. The van der Waals surface area contributed by atoms with Gasteiger partial charge in [-0.2, -0.15) is 0 Å². The molecular weight excluding hydrogens is 289 g/mol. The van der Waals surface area contributed by atoms with Crippen LogP contribution in [0.15, 0.2) is 48.5 Å².